The first-order chi connectivity index (χ1) is 9.04. The number of nitrogens with zero attached hydrogens (tertiary/aromatic N) is 1. The second kappa shape index (κ2) is 6.82. The molecule has 19 heavy (non-hydrogen) atoms. The van der Waals surface area contributed by atoms with Gasteiger partial charge in [0.2, 0.25) is 0 Å². The minimum atomic E-state index is 0.462. The highest BCUT2D eigenvalue weighted by molar-refractivity contribution is 7.99. The highest BCUT2D eigenvalue weighted by atomic mass is 32.2. The van der Waals surface area contributed by atoms with Crippen molar-refractivity contribution in [2.24, 2.45) is 11.3 Å². The zero-order chi connectivity index (χ0) is 13.9. The summed E-state index contributed by atoms with van der Waals surface area (Å²) in [4.78, 5) is 2.65. The van der Waals surface area contributed by atoms with Crippen LogP contribution >= 0.6 is 11.8 Å². The highest BCUT2D eigenvalue weighted by Gasteiger charge is 2.39. The van der Waals surface area contributed by atoms with Crippen molar-refractivity contribution in [3.8, 4) is 0 Å². The largest absolute Gasteiger partial charge is 0.313 e. The summed E-state index contributed by atoms with van der Waals surface area (Å²) in [7, 11) is 2.35. The van der Waals surface area contributed by atoms with Gasteiger partial charge in [0.1, 0.15) is 0 Å². The Morgan fingerprint density at radius 1 is 1.32 bits per heavy atom. The van der Waals surface area contributed by atoms with Crippen molar-refractivity contribution in [1.82, 2.24) is 10.2 Å². The second-order valence-electron chi connectivity index (χ2n) is 7.13. The Bertz CT molecular complexity index is 274. The van der Waals surface area contributed by atoms with Crippen LogP contribution in [0.3, 0.4) is 0 Å². The van der Waals surface area contributed by atoms with Crippen molar-refractivity contribution in [1.29, 1.82) is 0 Å². The van der Waals surface area contributed by atoms with Crippen molar-refractivity contribution >= 4 is 11.8 Å². The van der Waals surface area contributed by atoms with Crippen molar-refractivity contribution < 1.29 is 0 Å². The standard InChI is InChI=1S/C16H32N2S/c1-5-17-15-13(7-6-9-16(15,2)3)11-18(4)14-8-10-19-12-14/h13-15,17H,5-12H2,1-4H3. The minimum absolute atomic E-state index is 0.462. The molecule has 2 fully saturated rings. The van der Waals surface area contributed by atoms with Crippen LogP contribution in [0.5, 0.6) is 0 Å². The smallest absolute Gasteiger partial charge is 0.0191 e. The third-order valence-electron chi connectivity index (χ3n) is 5.18. The summed E-state index contributed by atoms with van der Waals surface area (Å²) in [5, 5.41) is 3.79. The Morgan fingerprint density at radius 2 is 2.11 bits per heavy atom. The van der Waals surface area contributed by atoms with E-state index in [1.165, 1.54) is 43.7 Å². The zero-order valence-electron chi connectivity index (χ0n) is 13.2. The van der Waals surface area contributed by atoms with E-state index >= 15 is 0 Å². The number of nitrogens with one attached hydrogen (secondary N) is 1. The fourth-order valence-electron chi connectivity index (χ4n) is 4.03. The summed E-state index contributed by atoms with van der Waals surface area (Å²) >= 11 is 2.13. The van der Waals surface area contributed by atoms with Crippen LogP contribution in [0.1, 0.15) is 46.5 Å². The van der Waals surface area contributed by atoms with Crippen LogP contribution in [0, 0.1) is 11.3 Å². The quantitative estimate of drug-likeness (QED) is 0.834. The van der Waals surface area contributed by atoms with Gasteiger partial charge in [-0.1, -0.05) is 27.2 Å². The van der Waals surface area contributed by atoms with Crippen LogP contribution < -0.4 is 5.32 Å². The van der Waals surface area contributed by atoms with Gasteiger partial charge in [-0.2, -0.15) is 11.8 Å². The SMILES string of the molecule is CCNC1C(CN(C)C2CCSC2)CCCC1(C)C. The molecule has 2 nitrogen and oxygen atoms in total. The van der Waals surface area contributed by atoms with Gasteiger partial charge < -0.3 is 10.2 Å². The third kappa shape index (κ3) is 3.89. The molecule has 1 saturated carbocycles. The lowest BCUT2D eigenvalue weighted by Crippen LogP contribution is -2.53. The molecular weight excluding hydrogens is 252 g/mol. The van der Waals surface area contributed by atoms with Gasteiger partial charge in [0.25, 0.3) is 0 Å². The number of thioether (sulfide) groups is 1. The molecule has 3 atom stereocenters. The molecule has 1 aliphatic carbocycles. The summed E-state index contributed by atoms with van der Waals surface area (Å²) < 4.78 is 0. The van der Waals surface area contributed by atoms with Crippen LogP contribution in [-0.4, -0.2) is 48.6 Å². The van der Waals surface area contributed by atoms with E-state index < -0.39 is 0 Å². The molecular formula is C16H32N2S. The van der Waals surface area contributed by atoms with Crippen molar-refractivity contribution in [2.45, 2.75) is 58.5 Å². The molecule has 0 aromatic heterocycles. The Kier molecular flexibility index (Phi) is 5.62. The van der Waals surface area contributed by atoms with Gasteiger partial charge in [-0.15, -0.1) is 0 Å². The highest BCUT2D eigenvalue weighted by Crippen LogP contribution is 2.39. The molecule has 0 aromatic carbocycles. The Balaban J connectivity index is 1.95. The van der Waals surface area contributed by atoms with E-state index in [-0.39, 0.29) is 0 Å². The first-order valence-corrected chi connectivity index (χ1v) is 9.21. The van der Waals surface area contributed by atoms with E-state index in [0.29, 0.717) is 11.5 Å². The number of rotatable bonds is 5. The van der Waals surface area contributed by atoms with Gasteiger partial charge in [0.05, 0.1) is 0 Å². The van der Waals surface area contributed by atoms with Crippen molar-refractivity contribution in [3.05, 3.63) is 0 Å². The molecule has 0 aromatic rings. The van der Waals surface area contributed by atoms with Crippen LogP contribution in [0.4, 0.5) is 0 Å². The lowest BCUT2D eigenvalue weighted by molar-refractivity contribution is 0.0781. The van der Waals surface area contributed by atoms with E-state index in [2.05, 4.69) is 49.8 Å². The fourth-order valence-corrected chi connectivity index (χ4v) is 5.33. The Labute approximate surface area is 124 Å². The first kappa shape index (κ1) is 15.7. The molecule has 2 aliphatic rings. The van der Waals surface area contributed by atoms with Gasteiger partial charge in [0, 0.05) is 24.4 Å². The number of hydrogen-bond donors (Lipinski definition) is 1. The molecule has 112 valence electrons. The molecule has 2 rings (SSSR count). The lowest BCUT2D eigenvalue weighted by Gasteiger charge is -2.46. The van der Waals surface area contributed by atoms with Gasteiger partial charge in [-0.3, -0.25) is 0 Å². The maximum Gasteiger partial charge on any atom is 0.0191 e. The van der Waals surface area contributed by atoms with Gasteiger partial charge >= 0.3 is 0 Å². The molecule has 0 radical (unpaired) electrons. The normalized spacial score (nSPS) is 34.9. The topological polar surface area (TPSA) is 15.3 Å². The average Bonchev–Trinajstić information content (AvgIpc) is 2.87. The minimum Gasteiger partial charge on any atom is -0.313 e. The van der Waals surface area contributed by atoms with Gasteiger partial charge in [0.15, 0.2) is 0 Å². The van der Waals surface area contributed by atoms with E-state index in [4.69, 9.17) is 0 Å². The molecule has 0 spiro atoms. The molecule has 1 saturated heterocycles. The second-order valence-corrected chi connectivity index (χ2v) is 8.28. The van der Waals surface area contributed by atoms with E-state index in [0.717, 1.165) is 18.5 Å². The molecule has 1 N–H and O–H groups in total. The monoisotopic (exact) mass is 284 g/mol. The molecule has 0 amide bonds. The van der Waals surface area contributed by atoms with E-state index in [9.17, 15) is 0 Å². The number of hydrogen-bond acceptors (Lipinski definition) is 3. The summed E-state index contributed by atoms with van der Waals surface area (Å²) in [5.74, 6) is 3.54. The van der Waals surface area contributed by atoms with E-state index in [1.54, 1.807) is 0 Å². The zero-order valence-corrected chi connectivity index (χ0v) is 14.1. The Morgan fingerprint density at radius 3 is 2.74 bits per heavy atom. The first-order valence-electron chi connectivity index (χ1n) is 8.06. The molecule has 1 aliphatic heterocycles. The van der Waals surface area contributed by atoms with Crippen molar-refractivity contribution in [3.63, 3.8) is 0 Å². The summed E-state index contributed by atoms with van der Waals surface area (Å²) in [6, 6.07) is 1.53. The maximum absolute atomic E-state index is 3.79. The van der Waals surface area contributed by atoms with Crippen molar-refractivity contribution in [2.75, 3.05) is 31.6 Å². The maximum atomic E-state index is 3.79. The van der Waals surface area contributed by atoms with Crippen LogP contribution in [0.2, 0.25) is 0 Å². The van der Waals surface area contributed by atoms with Crippen LogP contribution in [-0.2, 0) is 0 Å². The third-order valence-corrected chi connectivity index (χ3v) is 6.33. The van der Waals surface area contributed by atoms with Gasteiger partial charge in [-0.05, 0) is 49.9 Å². The summed E-state index contributed by atoms with van der Waals surface area (Å²) in [6.45, 7) is 9.55. The van der Waals surface area contributed by atoms with Crippen LogP contribution in [0.15, 0.2) is 0 Å². The predicted molar refractivity (Wildman–Crippen MR) is 86.9 cm³/mol. The molecule has 1 heterocycles. The molecule has 0 bridgehead atoms. The fraction of sp³-hybridized carbons (Fsp3) is 1.00. The van der Waals surface area contributed by atoms with E-state index in [1.807, 2.05) is 0 Å². The predicted octanol–water partition coefficient (Wildman–Crippen LogP) is 3.23. The lowest BCUT2D eigenvalue weighted by atomic mass is 9.67. The van der Waals surface area contributed by atoms with Crippen LogP contribution in [0.25, 0.3) is 0 Å². The van der Waals surface area contributed by atoms with Gasteiger partial charge in [-0.25, -0.2) is 0 Å². The summed E-state index contributed by atoms with van der Waals surface area (Å²) in [5.41, 5.74) is 0.462. The summed E-state index contributed by atoms with van der Waals surface area (Å²) in [6.07, 6.45) is 5.59. The average molecular weight is 285 g/mol. The Hall–Kier alpha value is 0.270. The molecule has 3 unspecified atom stereocenters. The molecule has 3 heteroatoms.